The zero-order valence-corrected chi connectivity index (χ0v) is 17.0. The molecule has 0 bridgehead atoms. The lowest BCUT2D eigenvalue weighted by Crippen LogP contribution is -2.27. The van der Waals surface area contributed by atoms with Crippen molar-refractivity contribution < 1.29 is 13.2 Å². The lowest BCUT2D eigenvalue weighted by molar-refractivity contribution is 0.0257. The van der Waals surface area contributed by atoms with Crippen LogP contribution in [0, 0.1) is 5.82 Å². The minimum Gasteiger partial charge on any atom is -0.348 e. The highest BCUT2D eigenvalue weighted by Gasteiger charge is 2.40. The Hall–Kier alpha value is -2.42. The van der Waals surface area contributed by atoms with Gasteiger partial charge in [0.2, 0.25) is 5.65 Å². The average molecular weight is 425 g/mol. The minimum absolute atomic E-state index is 0.00488. The normalized spacial score (nSPS) is 16.7. The van der Waals surface area contributed by atoms with Gasteiger partial charge in [0, 0.05) is 18.4 Å². The largest absolute Gasteiger partial charge is 0.348 e. The summed E-state index contributed by atoms with van der Waals surface area (Å²) in [7, 11) is 0. The molecule has 0 aliphatic carbocycles. The number of nitrogens with zero attached hydrogens (tertiary/aromatic N) is 6. The Bertz CT molecular complexity index is 1080. The fourth-order valence-electron chi connectivity index (χ4n) is 3.20. The number of anilines is 1. The summed E-state index contributed by atoms with van der Waals surface area (Å²) in [6.07, 6.45) is -0.240. The molecule has 1 saturated heterocycles. The summed E-state index contributed by atoms with van der Waals surface area (Å²) < 4.78 is 41.4. The highest BCUT2D eigenvalue weighted by atomic mass is 35.5. The van der Waals surface area contributed by atoms with Crippen molar-refractivity contribution in [3.8, 4) is 0 Å². The topological polar surface area (TPSA) is 59.7 Å². The van der Waals surface area contributed by atoms with Gasteiger partial charge >= 0.3 is 0 Å². The van der Waals surface area contributed by atoms with E-state index in [-0.39, 0.29) is 24.5 Å². The molecule has 4 rings (SSSR count). The van der Waals surface area contributed by atoms with Crippen molar-refractivity contribution in [2.24, 2.45) is 0 Å². The predicted molar refractivity (Wildman–Crippen MR) is 104 cm³/mol. The molecule has 0 amide bonds. The molecule has 1 aromatic carbocycles. The third-order valence-electron chi connectivity index (χ3n) is 4.76. The van der Waals surface area contributed by atoms with E-state index in [4.69, 9.17) is 11.6 Å². The first kappa shape index (κ1) is 19.9. The molecule has 3 aromatic rings. The lowest BCUT2D eigenvalue weighted by Gasteiger charge is -2.21. The molecule has 0 saturated carbocycles. The van der Waals surface area contributed by atoms with Crippen LogP contribution in [0.4, 0.5) is 19.0 Å². The van der Waals surface area contributed by atoms with Crippen molar-refractivity contribution >= 4 is 28.6 Å². The summed E-state index contributed by atoms with van der Waals surface area (Å²) in [6.45, 7) is 5.68. The fourth-order valence-corrected chi connectivity index (χ4v) is 3.39. The van der Waals surface area contributed by atoms with E-state index in [0.29, 0.717) is 28.4 Å². The molecule has 1 fully saturated rings. The van der Waals surface area contributed by atoms with Gasteiger partial charge in [-0.2, -0.15) is 4.80 Å². The van der Waals surface area contributed by atoms with Crippen LogP contribution in [0.25, 0.3) is 11.2 Å². The zero-order valence-electron chi connectivity index (χ0n) is 16.3. The van der Waals surface area contributed by atoms with Gasteiger partial charge in [-0.3, -0.25) is 0 Å². The van der Waals surface area contributed by atoms with Gasteiger partial charge in [-0.25, -0.2) is 23.1 Å². The van der Waals surface area contributed by atoms with E-state index in [1.54, 1.807) is 12.1 Å². The summed E-state index contributed by atoms with van der Waals surface area (Å²) in [5.74, 6) is -2.47. The third kappa shape index (κ3) is 3.88. The monoisotopic (exact) mass is 424 g/mol. The maximum atomic E-state index is 13.8. The molecule has 0 atom stereocenters. The first-order chi connectivity index (χ1) is 13.5. The highest BCUT2D eigenvalue weighted by molar-refractivity contribution is 6.31. The Morgan fingerprint density at radius 3 is 2.59 bits per heavy atom. The Morgan fingerprint density at radius 2 is 1.93 bits per heavy atom. The molecule has 0 radical (unpaired) electrons. The molecule has 2 aromatic heterocycles. The van der Waals surface area contributed by atoms with Crippen LogP contribution in [-0.4, -0.2) is 44.0 Å². The van der Waals surface area contributed by atoms with Crippen LogP contribution >= 0.6 is 11.6 Å². The van der Waals surface area contributed by atoms with Crippen molar-refractivity contribution in [1.82, 2.24) is 25.0 Å². The van der Waals surface area contributed by atoms with Gasteiger partial charge in [0.25, 0.3) is 5.92 Å². The molecule has 1 aliphatic rings. The van der Waals surface area contributed by atoms with Gasteiger partial charge < -0.3 is 4.90 Å². The fraction of sp³-hybridized carbons (Fsp3) is 0.474. The Labute approximate surface area is 170 Å². The number of hydrogen-bond donors (Lipinski definition) is 0. The summed E-state index contributed by atoms with van der Waals surface area (Å²) in [5.41, 5.74) is 0.747. The van der Waals surface area contributed by atoms with E-state index in [1.165, 1.54) is 15.8 Å². The molecule has 154 valence electrons. The van der Waals surface area contributed by atoms with E-state index in [1.807, 2.05) is 20.8 Å². The molecule has 0 unspecified atom stereocenters. The van der Waals surface area contributed by atoms with Crippen LogP contribution in [0.2, 0.25) is 5.02 Å². The van der Waals surface area contributed by atoms with Crippen molar-refractivity contribution in [2.75, 3.05) is 18.0 Å². The molecule has 0 spiro atoms. The second-order valence-electron chi connectivity index (χ2n) is 8.26. The number of halogens is 4. The predicted octanol–water partition coefficient (Wildman–Crippen LogP) is 4.21. The van der Waals surface area contributed by atoms with Crippen LogP contribution in [0.15, 0.2) is 18.2 Å². The molecular weight excluding hydrogens is 405 g/mol. The highest BCUT2D eigenvalue weighted by Crippen LogP contribution is 2.34. The van der Waals surface area contributed by atoms with Crippen LogP contribution in [0.3, 0.4) is 0 Å². The summed E-state index contributed by atoms with van der Waals surface area (Å²) >= 11 is 6.03. The molecular formula is C19H20ClF3N6. The summed E-state index contributed by atoms with van der Waals surface area (Å²) in [5, 5.41) is 8.78. The minimum atomic E-state index is -2.77. The standard InChI is InChI=1S/C19H20ClF3N6/c1-18(2,3)17-24-15-14(16(25-17)28-8-7-19(22,23)10-28)26-29(27-15)9-11-5-4-6-12(21)13(11)20/h4-6H,7-10H2,1-3H3. The van der Waals surface area contributed by atoms with Crippen LogP contribution in [0.5, 0.6) is 0 Å². The van der Waals surface area contributed by atoms with Crippen LogP contribution in [-0.2, 0) is 12.0 Å². The zero-order chi connectivity index (χ0) is 21.0. The number of rotatable bonds is 3. The van der Waals surface area contributed by atoms with Gasteiger partial charge in [-0.1, -0.05) is 44.5 Å². The van der Waals surface area contributed by atoms with E-state index in [9.17, 15) is 13.2 Å². The summed E-state index contributed by atoms with van der Waals surface area (Å²) in [4.78, 5) is 11.9. The smallest absolute Gasteiger partial charge is 0.266 e. The van der Waals surface area contributed by atoms with Gasteiger partial charge in [0.05, 0.1) is 18.1 Å². The first-order valence-corrected chi connectivity index (χ1v) is 9.60. The number of benzene rings is 1. The van der Waals surface area contributed by atoms with Crippen molar-refractivity contribution in [3.05, 3.63) is 40.4 Å². The first-order valence-electron chi connectivity index (χ1n) is 9.22. The summed E-state index contributed by atoms with van der Waals surface area (Å²) in [6, 6.07) is 4.49. The Balaban J connectivity index is 1.80. The number of hydrogen-bond acceptors (Lipinski definition) is 5. The lowest BCUT2D eigenvalue weighted by atomic mass is 9.96. The van der Waals surface area contributed by atoms with Crippen molar-refractivity contribution in [2.45, 2.75) is 45.1 Å². The Morgan fingerprint density at radius 1 is 1.17 bits per heavy atom. The number of fused-ring (bicyclic) bond motifs is 1. The van der Waals surface area contributed by atoms with Crippen molar-refractivity contribution in [1.29, 1.82) is 0 Å². The molecule has 6 nitrogen and oxygen atoms in total. The van der Waals surface area contributed by atoms with Gasteiger partial charge in [0.15, 0.2) is 11.3 Å². The van der Waals surface area contributed by atoms with E-state index >= 15 is 0 Å². The maximum Gasteiger partial charge on any atom is 0.266 e. The van der Waals surface area contributed by atoms with Crippen LogP contribution in [0.1, 0.15) is 38.6 Å². The van der Waals surface area contributed by atoms with Gasteiger partial charge in [-0.15, -0.1) is 10.2 Å². The maximum absolute atomic E-state index is 13.8. The molecule has 3 heterocycles. The number of aromatic nitrogens is 5. The van der Waals surface area contributed by atoms with E-state index < -0.39 is 23.7 Å². The Kier molecular flexibility index (Phi) is 4.68. The molecule has 29 heavy (non-hydrogen) atoms. The second kappa shape index (κ2) is 6.83. The second-order valence-corrected chi connectivity index (χ2v) is 8.64. The van der Waals surface area contributed by atoms with E-state index in [0.717, 1.165) is 0 Å². The van der Waals surface area contributed by atoms with Crippen LogP contribution < -0.4 is 4.90 Å². The molecule has 0 N–H and O–H groups in total. The van der Waals surface area contributed by atoms with E-state index in [2.05, 4.69) is 20.2 Å². The van der Waals surface area contributed by atoms with Crippen molar-refractivity contribution in [3.63, 3.8) is 0 Å². The SMILES string of the molecule is CC(C)(C)c1nc(N2CCC(F)(F)C2)c2nn(Cc3cccc(F)c3Cl)nc2n1. The van der Waals surface area contributed by atoms with Gasteiger partial charge in [0.1, 0.15) is 11.6 Å². The number of alkyl halides is 2. The molecule has 10 heteroatoms. The third-order valence-corrected chi connectivity index (χ3v) is 5.18. The molecule has 1 aliphatic heterocycles. The average Bonchev–Trinajstić information content (AvgIpc) is 3.19. The quantitative estimate of drug-likeness (QED) is 0.630. The van der Waals surface area contributed by atoms with Gasteiger partial charge in [-0.05, 0) is 11.6 Å².